The van der Waals surface area contributed by atoms with E-state index in [0.29, 0.717) is 0 Å². The van der Waals surface area contributed by atoms with Crippen molar-refractivity contribution in [3.8, 4) is 17.1 Å². The maximum absolute atomic E-state index is 2.53. The van der Waals surface area contributed by atoms with Crippen LogP contribution < -0.4 is 0 Å². The third kappa shape index (κ3) is 3.62. The standard InChI is InChI=1S/C46H29N3/c1-2-15-32(16-3-1)48-39-20-9-6-17-34(39)36-27-28-37-35-18-7-10-21-40(35)49(46(37)45(36)48)43-24-12-23-42-44(43)38-19-8-11-22-41(38)47(42)33-26-25-30-13-4-5-14-31(30)29-33/h1-29H. The van der Waals surface area contributed by atoms with Gasteiger partial charge in [0.2, 0.25) is 0 Å². The molecule has 11 aromatic rings. The lowest BCUT2D eigenvalue weighted by molar-refractivity contribution is 1.15. The van der Waals surface area contributed by atoms with Crippen LogP contribution in [-0.2, 0) is 0 Å². The fraction of sp³-hybridized carbons (Fsp3) is 0. The average molecular weight is 624 g/mol. The summed E-state index contributed by atoms with van der Waals surface area (Å²) in [6.45, 7) is 0. The van der Waals surface area contributed by atoms with Crippen molar-refractivity contribution in [1.82, 2.24) is 13.7 Å². The lowest BCUT2D eigenvalue weighted by Gasteiger charge is -2.14. The smallest absolute Gasteiger partial charge is 0.0789 e. The van der Waals surface area contributed by atoms with Crippen LogP contribution in [0.1, 0.15) is 0 Å². The van der Waals surface area contributed by atoms with Crippen molar-refractivity contribution < 1.29 is 0 Å². The van der Waals surface area contributed by atoms with E-state index in [0.717, 1.165) is 11.4 Å². The van der Waals surface area contributed by atoms with Gasteiger partial charge in [0.05, 0.1) is 38.8 Å². The van der Waals surface area contributed by atoms with E-state index < -0.39 is 0 Å². The molecule has 0 saturated carbocycles. The van der Waals surface area contributed by atoms with Crippen molar-refractivity contribution in [2.75, 3.05) is 0 Å². The Balaban J connectivity index is 1.34. The monoisotopic (exact) mass is 623 g/mol. The first-order valence-corrected chi connectivity index (χ1v) is 16.9. The average Bonchev–Trinajstić information content (AvgIpc) is 3.81. The third-order valence-corrected chi connectivity index (χ3v) is 10.4. The number of benzene rings is 8. The molecule has 49 heavy (non-hydrogen) atoms. The lowest BCUT2D eigenvalue weighted by Crippen LogP contribution is -1.99. The van der Waals surface area contributed by atoms with E-state index in [4.69, 9.17) is 0 Å². The van der Waals surface area contributed by atoms with Crippen molar-refractivity contribution in [2.45, 2.75) is 0 Å². The first kappa shape index (κ1) is 26.5. The summed E-state index contributed by atoms with van der Waals surface area (Å²) in [5, 5.41) is 9.97. The van der Waals surface area contributed by atoms with E-state index in [9.17, 15) is 0 Å². The molecular formula is C46H29N3. The second kappa shape index (κ2) is 9.96. The van der Waals surface area contributed by atoms with Crippen LogP contribution in [0.2, 0.25) is 0 Å². The second-order valence-corrected chi connectivity index (χ2v) is 13.0. The molecular weight excluding hydrogens is 595 g/mol. The van der Waals surface area contributed by atoms with Crippen LogP contribution >= 0.6 is 0 Å². The Morgan fingerprint density at radius 3 is 1.57 bits per heavy atom. The lowest BCUT2D eigenvalue weighted by atomic mass is 10.1. The Morgan fingerprint density at radius 1 is 0.286 bits per heavy atom. The van der Waals surface area contributed by atoms with Gasteiger partial charge < -0.3 is 13.7 Å². The van der Waals surface area contributed by atoms with Crippen LogP contribution in [0.5, 0.6) is 0 Å². The highest BCUT2D eigenvalue weighted by molar-refractivity contribution is 6.25. The summed E-state index contributed by atoms with van der Waals surface area (Å²) >= 11 is 0. The van der Waals surface area contributed by atoms with Crippen molar-refractivity contribution in [2.24, 2.45) is 0 Å². The van der Waals surface area contributed by atoms with E-state index in [2.05, 4.69) is 190 Å². The van der Waals surface area contributed by atoms with Crippen LogP contribution in [0.25, 0.3) is 93.3 Å². The largest absolute Gasteiger partial charge is 0.309 e. The fourth-order valence-electron chi connectivity index (χ4n) is 8.38. The van der Waals surface area contributed by atoms with Crippen LogP contribution in [0.4, 0.5) is 0 Å². The van der Waals surface area contributed by atoms with Crippen molar-refractivity contribution in [3.05, 3.63) is 176 Å². The number of hydrogen-bond acceptors (Lipinski definition) is 0. The number of fused-ring (bicyclic) bond motifs is 11. The molecule has 0 bridgehead atoms. The molecule has 8 aromatic carbocycles. The number of para-hydroxylation sites is 4. The summed E-state index contributed by atoms with van der Waals surface area (Å²) < 4.78 is 7.43. The molecule has 0 saturated heterocycles. The van der Waals surface area contributed by atoms with Gasteiger partial charge in [-0.3, -0.25) is 0 Å². The van der Waals surface area contributed by atoms with E-state index in [-0.39, 0.29) is 0 Å². The summed E-state index contributed by atoms with van der Waals surface area (Å²) in [7, 11) is 0. The molecule has 0 aliphatic rings. The van der Waals surface area contributed by atoms with Gasteiger partial charge >= 0.3 is 0 Å². The molecule has 3 heteroatoms. The molecule has 11 rings (SSSR count). The van der Waals surface area contributed by atoms with Crippen LogP contribution in [0.15, 0.2) is 176 Å². The molecule has 0 aliphatic carbocycles. The van der Waals surface area contributed by atoms with Gasteiger partial charge in [-0.15, -0.1) is 0 Å². The summed E-state index contributed by atoms with van der Waals surface area (Å²) in [6, 6.07) is 64.2. The van der Waals surface area contributed by atoms with Gasteiger partial charge in [0.25, 0.3) is 0 Å². The van der Waals surface area contributed by atoms with Gasteiger partial charge in [-0.1, -0.05) is 121 Å². The van der Waals surface area contributed by atoms with Gasteiger partial charge in [-0.2, -0.15) is 0 Å². The van der Waals surface area contributed by atoms with Gasteiger partial charge in [-0.05, 0) is 65.4 Å². The Bertz CT molecular complexity index is 3100. The number of nitrogens with zero attached hydrogens (tertiary/aromatic N) is 3. The summed E-state index contributed by atoms with van der Waals surface area (Å²) in [5.74, 6) is 0. The molecule has 0 N–H and O–H groups in total. The minimum Gasteiger partial charge on any atom is -0.309 e. The minimum absolute atomic E-state index is 1.16. The molecule has 0 fully saturated rings. The normalized spacial score (nSPS) is 12.1. The van der Waals surface area contributed by atoms with Crippen LogP contribution in [0, 0.1) is 0 Å². The topological polar surface area (TPSA) is 14.8 Å². The number of aromatic nitrogens is 3. The zero-order chi connectivity index (χ0) is 32.1. The molecule has 3 nitrogen and oxygen atoms in total. The minimum atomic E-state index is 1.16. The van der Waals surface area contributed by atoms with E-state index in [1.54, 1.807) is 0 Å². The zero-order valence-corrected chi connectivity index (χ0v) is 26.6. The first-order valence-electron chi connectivity index (χ1n) is 16.9. The fourth-order valence-corrected chi connectivity index (χ4v) is 8.38. The maximum Gasteiger partial charge on any atom is 0.0789 e. The van der Waals surface area contributed by atoms with Crippen molar-refractivity contribution >= 4 is 76.2 Å². The Kier molecular flexibility index (Phi) is 5.38. The molecule has 3 heterocycles. The van der Waals surface area contributed by atoms with Gasteiger partial charge in [0, 0.05) is 43.7 Å². The van der Waals surface area contributed by atoms with Crippen LogP contribution in [-0.4, -0.2) is 13.7 Å². The van der Waals surface area contributed by atoms with E-state index in [1.807, 2.05) is 0 Å². The van der Waals surface area contributed by atoms with E-state index in [1.165, 1.54) is 81.9 Å². The third-order valence-electron chi connectivity index (χ3n) is 10.4. The predicted molar refractivity (Wildman–Crippen MR) is 207 cm³/mol. The van der Waals surface area contributed by atoms with Gasteiger partial charge in [0.15, 0.2) is 0 Å². The van der Waals surface area contributed by atoms with Crippen LogP contribution in [0.3, 0.4) is 0 Å². The SMILES string of the molecule is c1ccc(-n2c3ccccc3c3ccc4c5ccccc5n(-c5cccc6c5c5ccccc5n6-c5ccc6ccccc6c5)c4c32)cc1. The van der Waals surface area contributed by atoms with Crippen molar-refractivity contribution in [3.63, 3.8) is 0 Å². The highest BCUT2D eigenvalue weighted by Crippen LogP contribution is 2.44. The first-order chi connectivity index (χ1) is 24.3. The summed E-state index contributed by atoms with van der Waals surface area (Å²) in [6.07, 6.45) is 0. The molecule has 228 valence electrons. The van der Waals surface area contributed by atoms with Gasteiger partial charge in [-0.25, -0.2) is 0 Å². The van der Waals surface area contributed by atoms with Gasteiger partial charge in [0.1, 0.15) is 0 Å². The summed E-state index contributed by atoms with van der Waals surface area (Å²) in [5.41, 5.74) is 10.7. The Morgan fingerprint density at radius 2 is 0.837 bits per heavy atom. The molecule has 0 amide bonds. The molecule has 0 unspecified atom stereocenters. The zero-order valence-electron chi connectivity index (χ0n) is 26.6. The maximum atomic E-state index is 2.53. The second-order valence-electron chi connectivity index (χ2n) is 13.0. The predicted octanol–water partition coefficient (Wildman–Crippen LogP) is 12.1. The quantitative estimate of drug-likeness (QED) is 0.186. The Labute approximate surface area is 282 Å². The number of rotatable bonds is 3. The van der Waals surface area contributed by atoms with E-state index >= 15 is 0 Å². The molecule has 0 spiro atoms. The summed E-state index contributed by atoms with van der Waals surface area (Å²) in [4.78, 5) is 0. The molecule has 0 atom stereocenters. The highest BCUT2D eigenvalue weighted by atomic mass is 15.1. The highest BCUT2D eigenvalue weighted by Gasteiger charge is 2.23. The molecule has 0 radical (unpaired) electrons. The number of hydrogen-bond donors (Lipinski definition) is 0. The van der Waals surface area contributed by atoms with Crippen molar-refractivity contribution in [1.29, 1.82) is 0 Å². The molecule has 3 aromatic heterocycles. The molecule has 0 aliphatic heterocycles. The Hall–Kier alpha value is -6.58.